The van der Waals surface area contributed by atoms with E-state index >= 15 is 0 Å². The Morgan fingerprint density at radius 1 is 0.682 bits per heavy atom. The first kappa shape index (κ1) is 21.1. The number of carbonyl (C=O) groups is 1. The normalized spacial score (nSPS) is 16.6. The van der Waals surface area contributed by atoms with Gasteiger partial charge in [-0.3, -0.25) is 0 Å². The van der Waals surface area contributed by atoms with Crippen LogP contribution in [0.1, 0.15) is 53.4 Å². The summed E-state index contributed by atoms with van der Waals surface area (Å²) in [5, 5.41) is 0. The second-order valence-electron chi connectivity index (χ2n) is 4.58. The van der Waals surface area contributed by atoms with Crippen LogP contribution >= 0.6 is 0 Å². The molecule has 132 valence electrons. The molecular formula is C15H30O7. The van der Waals surface area contributed by atoms with E-state index in [9.17, 15) is 4.79 Å². The molecule has 0 bridgehead atoms. The summed E-state index contributed by atoms with van der Waals surface area (Å²) in [6.07, 6.45) is -0.849. The lowest BCUT2D eigenvalue weighted by atomic mass is 10.4. The van der Waals surface area contributed by atoms with E-state index in [2.05, 4.69) is 0 Å². The summed E-state index contributed by atoms with van der Waals surface area (Å²) in [6.45, 7) is 7.50. The Morgan fingerprint density at radius 2 is 1.00 bits per heavy atom. The number of methoxy groups -OCH3 is 2. The van der Waals surface area contributed by atoms with Crippen LogP contribution in [0.15, 0.2) is 0 Å². The number of hydrogen-bond acceptors (Lipinski definition) is 7. The molecular weight excluding hydrogens is 292 g/mol. The van der Waals surface area contributed by atoms with Gasteiger partial charge in [0, 0.05) is 27.1 Å². The molecule has 0 rings (SSSR count). The Balaban J connectivity index is 4.36. The largest absolute Gasteiger partial charge is 0.512 e. The van der Waals surface area contributed by atoms with Gasteiger partial charge in [0.25, 0.3) is 0 Å². The van der Waals surface area contributed by atoms with Crippen LogP contribution in [0.2, 0.25) is 0 Å². The second-order valence-corrected chi connectivity index (χ2v) is 4.58. The van der Waals surface area contributed by atoms with Crippen molar-refractivity contribution >= 4 is 6.16 Å². The Labute approximate surface area is 133 Å². The van der Waals surface area contributed by atoms with E-state index in [1.165, 1.54) is 14.2 Å². The van der Waals surface area contributed by atoms with Crippen molar-refractivity contribution in [3.05, 3.63) is 0 Å². The van der Waals surface area contributed by atoms with Crippen molar-refractivity contribution in [3.63, 3.8) is 0 Å². The minimum atomic E-state index is -0.837. The number of hydrogen-bond donors (Lipinski definition) is 0. The predicted octanol–water partition coefficient (Wildman–Crippen LogP) is 3.41. The second kappa shape index (κ2) is 12.6. The van der Waals surface area contributed by atoms with Crippen LogP contribution in [0.3, 0.4) is 0 Å². The first-order valence-corrected chi connectivity index (χ1v) is 7.78. The highest BCUT2D eigenvalue weighted by Crippen LogP contribution is 2.13. The Kier molecular flexibility index (Phi) is 12.1. The van der Waals surface area contributed by atoms with Crippen molar-refractivity contribution in [3.8, 4) is 0 Å². The Hall–Kier alpha value is -0.890. The molecule has 0 N–H and O–H groups in total. The van der Waals surface area contributed by atoms with Gasteiger partial charge in [-0.15, -0.1) is 0 Å². The van der Waals surface area contributed by atoms with Gasteiger partial charge < -0.3 is 28.4 Å². The summed E-state index contributed by atoms with van der Waals surface area (Å²) in [4.78, 5) is 11.8. The minimum absolute atomic E-state index is 0.422. The topological polar surface area (TPSA) is 72.5 Å². The lowest BCUT2D eigenvalue weighted by molar-refractivity contribution is -0.248. The van der Waals surface area contributed by atoms with Crippen molar-refractivity contribution in [2.24, 2.45) is 0 Å². The van der Waals surface area contributed by atoms with Crippen LogP contribution in [-0.4, -0.2) is 45.5 Å². The molecule has 0 heterocycles. The van der Waals surface area contributed by atoms with Crippen LogP contribution in [0, 0.1) is 0 Å². The summed E-state index contributed by atoms with van der Waals surface area (Å²) >= 11 is 0. The SMILES string of the molecule is CCC(OC)OC(CC)OC(=O)OC(CC)OC(CC)OC. The average Bonchev–Trinajstić information content (AvgIpc) is 2.54. The molecule has 4 atom stereocenters. The summed E-state index contributed by atoms with van der Waals surface area (Å²) in [5.41, 5.74) is 0. The Morgan fingerprint density at radius 3 is 1.23 bits per heavy atom. The molecule has 0 radical (unpaired) electrons. The summed E-state index contributed by atoms with van der Waals surface area (Å²) in [5.74, 6) is 0. The molecule has 22 heavy (non-hydrogen) atoms. The summed E-state index contributed by atoms with van der Waals surface area (Å²) in [6, 6.07) is 0. The van der Waals surface area contributed by atoms with Gasteiger partial charge in [-0.25, -0.2) is 4.79 Å². The third kappa shape index (κ3) is 8.53. The van der Waals surface area contributed by atoms with Crippen LogP contribution in [-0.2, 0) is 28.4 Å². The fraction of sp³-hybridized carbons (Fsp3) is 0.933. The van der Waals surface area contributed by atoms with E-state index in [4.69, 9.17) is 28.4 Å². The number of rotatable bonds is 12. The first-order valence-electron chi connectivity index (χ1n) is 7.78. The van der Waals surface area contributed by atoms with Gasteiger partial charge in [0.2, 0.25) is 12.6 Å². The fourth-order valence-corrected chi connectivity index (χ4v) is 1.63. The zero-order valence-electron chi connectivity index (χ0n) is 14.5. The molecule has 0 spiro atoms. The van der Waals surface area contributed by atoms with Crippen molar-refractivity contribution in [2.45, 2.75) is 78.5 Å². The fourth-order valence-electron chi connectivity index (χ4n) is 1.63. The highest BCUT2D eigenvalue weighted by molar-refractivity contribution is 5.60. The third-order valence-corrected chi connectivity index (χ3v) is 2.92. The number of ether oxygens (including phenoxy) is 6. The van der Waals surface area contributed by atoms with Gasteiger partial charge in [-0.05, 0) is 12.8 Å². The highest BCUT2D eigenvalue weighted by Gasteiger charge is 2.22. The molecule has 0 fully saturated rings. The zero-order chi connectivity index (χ0) is 17.0. The van der Waals surface area contributed by atoms with Gasteiger partial charge in [0.05, 0.1) is 0 Å². The minimum Gasteiger partial charge on any atom is -0.404 e. The van der Waals surface area contributed by atoms with E-state index < -0.39 is 31.3 Å². The third-order valence-electron chi connectivity index (χ3n) is 2.92. The highest BCUT2D eigenvalue weighted by atomic mass is 16.9. The van der Waals surface area contributed by atoms with Gasteiger partial charge in [0.1, 0.15) is 0 Å². The van der Waals surface area contributed by atoms with Crippen molar-refractivity contribution in [2.75, 3.05) is 14.2 Å². The van der Waals surface area contributed by atoms with E-state index in [1.807, 2.05) is 27.7 Å². The van der Waals surface area contributed by atoms with Gasteiger partial charge in [-0.2, -0.15) is 0 Å². The van der Waals surface area contributed by atoms with Crippen molar-refractivity contribution in [1.29, 1.82) is 0 Å². The predicted molar refractivity (Wildman–Crippen MR) is 80.1 cm³/mol. The van der Waals surface area contributed by atoms with Gasteiger partial charge in [0.15, 0.2) is 12.6 Å². The molecule has 0 aliphatic carbocycles. The van der Waals surface area contributed by atoms with E-state index in [0.717, 1.165) is 0 Å². The monoisotopic (exact) mass is 322 g/mol. The van der Waals surface area contributed by atoms with E-state index in [-0.39, 0.29) is 0 Å². The molecule has 7 heteroatoms. The molecule has 4 unspecified atom stereocenters. The standard InChI is InChI=1S/C15H30O7/c1-7-11(17-5)19-13(9-3)21-15(16)22-14(10-4)20-12(8-2)18-6/h11-14H,7-10H2,1-6H3. The van der Waals surface area contributed by atoms with Crippen LogP contribution < -0.4 is 0 Å². The molecule has 0 aliphatic heterocycles. The Bertz CT molecular complexity index is 251. The lowest BCUT2D eigenvalue weighted by Crippen LogP contribution is -2.31. The lowest BCUT2D eigenvalue weighted by Gasteiger charge is -2.24. The molecule has 0 amide bonds. The smallest absolute Gasteiger partial charge is 0.404 e. The molecule has 0 aliphatic rings. The molecule has 0 saturated heterocycles. The van der Waals surface area contributed by atoms with E-state index in [0.29, 0.717) is 25.7 Å². The van der Waals surface area contributed by atoms with E-state index in [1.54, 1.807) is 0 Å². The molecule has 0 saturated carbocycles. The first-order chi connectivity index (χ1) is 10.5. The average molecular weight is 322 g/mol. The maximum absolute atomic E-state index is 11.8. The maximum Gasteiger partial charge on any atom is 0.512 e. The van der Waals surface area contributed by atoms with Gasteiger partial charge in [-0.1, -0.05) is 27.7 Å². The van der Waals surface area contributed by atoms with Crippen LogP contribution in [0.25, 0.3) is 0 Å². The molecule has 7 nitrogen and oxygen atoms in total. The molecule has 0 aromatic rings. The number of carbonyl (C=O) groups excluding carboxylic acids is 1. The molecule has 0 aromatic heterocycles. The molecule has 0 aromatic carbocycles. The summed E-state index contributed by atoms with van der Waals surface area (Å²) < 4.78 is 31.5. The quantitative estimate of drug-likeness (QED) is 0.402. The van der Waals surface area contributed by atoms with Gasteiger partial charge >= 0.3 is 6.16 Å². The summed E-state index contributed by atoms with van der Waals surface area (Å²) in [7, 11) is 3.07. The van der Waals surface area contributed by atoms with Crippen LogP contribution in [0.4, 0.5) is 4.79 Å². The van der Waals surface area contributed by atoms with Crippen molar-refractivity contribution < 1.29 is 33.2 Å². The zero-order valence-corrected chi connectivity index (χ0v) is 14.5. The maximum atomic E-state index is 11.8. The van der Waals surface area contributed by atoms with Crippen LogP contribution in [0.5, 0.6) is 0 Å². The van der Waals surface area contributed by atoms with Crippen molar-refractivity contribution in [1.82, 2.24) is 0 Å².